The van der Waals surface area contributed by atoms with E-state index in [2.05, 4.69) is 0 Å². The van der Waals surface area contributed by atoms with E-state index in [9.17, 15) is 9.59 Å². The molecule has 168 valence electrons. The molecule has 33 heavy (non-hydrogen) atoms. The van der Waals surface area contributed by atoms with Crippen molar-refractivity contribution in [2.75, 3.05) is 29.8 Å². The number of rotatable bonds is 5. The Hall–Kier alpha value is -3.45. The fourth-order valence-corrected chi connectivity index (χ4v) is 5.87. The van der Waals surface area contributed by atoms with Crippen LogP contribution in [0.1, 0.15) is 16.7 Å². The maximum absolute atomic E-state index is 14.1. The summed E-state index contributed by atoms with van der Waals surface area (Å²) in [4.78, 5) is 29.6. The van der Waals surface area contributed by atoms with Crippen LogP contribution in [0, 0.1) is 6.92 Å². The smallest absolute Gasteiger partial charge is 0.269 e. The second-order valence-corrected chi connectivity index (χ2v) is 9.29. The minimum absolute atomic E-state index is 0.123. The fraction of sp³-hybridized carbons (Fsp3) is 0.231. The van der Waals surface area contributed by atoms with Crippen LogP contribution in [0.4, 0.5) is 11.4 Å². The van der Waals surface area contributed by atoms with E-state index in [-0.39, 0.29) is 17.6 Å². The molecule has 2 amide bonds. The molecule has 1 fully saturated rings. The Morgan fingerprint density at radius 2 is 1.61 bits per heavy atom. The Bertz CT molecular complexity index is 1220. The maximum atomic E-state index is 14.1. The Morgan fingerprint density at radius 1 is 0.939 bits per heavy atom. The number of fused-ring (bicyclic) bond motifs is 2. The number of nitrogens with zero attached hydrogens (tertiary/aromatic N) is 2. The third-order valence-electron chi connectivity index (χ3n) is 6.12. The van der Waals surface area contributed by atoms with Crippen LogP contribution >= 0.6 is 11.8 Å². The molecular formula is C26H24N2O4S. The van der Waals surface area contributed by atoms with E-state index in [0.29, 0.717) is 23.7 Å². The number of carbonyl (C=O) groups is 2. The number of hydrogen-bond donors (Lipinski definition) is 0. The van der Waals surface area contributed by atoms with Gasteiger partial charge in [-0.05, 0) is 18.6 Å². The van der Waals surface area contributed by atoms with Crippen LogP contribution in [0.5, 0.6) is 11.5 Å². The number of hydrogen-bond acceptors (Lipinski definition) is 5. The molecule has 0 bridgehead atoms. The van der Waals surface area contributed by atoms with Crippen LogP contribution in [-0.2, 0) is 21.0 Å². The standard InChI is InChI=1S/C26H24N2O4S/c1-17-8-10-18(11-9-17)15-27-23-7-5-4-6-22(23)26(25(27)30)28(24(29)16-33-26)19-12-20(31-2)14-21(13-19)32-3/h4-14H,15-16H2,1-3H3/t26-/m0/s1. The van der Waals surface area contributed by atoms with Crippen LogP contribution in [0.25, 0.3) is 0 Å². The molecule has 1 atom stereocenters. The van der Waals surface area contributed by atoms with E-state index >= 15 is 0 Å². The second kappa shape index (κ2) is 8.15. The van der Waals surface area contributed by atoms with Crippen molar-refractivity contribution in [3.63, 3.8) is 0 Å². The molecule has 3 aromatic rings. The first-order valence-electron chi connectivity index (χ1n) is 10.6. The molecule has 0 aliphatic carbocycles. The lowest BCUT2D eigenvalue weighted by molar-refractivity contribution is -0.123. The molecule has 6 nitrogen and oxygen atoms in total. The summed E-state index contributed by atoms with van der Waals surface area (Å²) in [5.74, 6) is 1.06. The van der Waals surface area contributed by atoms with Gasteiger partial charge in [0.2, 0.25) is 10.8 Å². The lowest BCUT2D eigenvalue weighted by Crippen LogP contribution is -2.49. The van der Waals surface area contributed by atoms with E-state index in [1.54, 1.807) is 42.2 Å². The number of ether oxygens (including phenoxy) is 2. The van der Waals surface area contributed by atoms with E-state index in [1.807, 2.05) is 55.5 Å². The molecule has 2 heterocycles. The van der Waals surface area contributed by atoms with E-state index < -0.39 is 4.87 Å². The molecular weight excluding hydrogens is 436 g/mol. The molecule has 0 aromatic heterocycles. The van der Waals surface area contributed by atoms with Crippen molar-refractivity contribution in [2.24, 2.45) is 0 Å². The van der Waals surface area contributed by atoms with Crippen LogP contribution in [0.2, 0.25) is 0 Å². The molecule has 7 heteroatoms. The number of thioether (sulfide) groups is 1. The highest BCUT2D eigenvalue weighted by Gasteiger charge is 2.61. The van der Waals surface area contributed by atoms with Gasteiger partial charge in [-0.3, -0.25) is 14.5 Å². The quantitative estimate of drug-likeness (QED) is 0.562. The van der Waals surface area contributed by atoms with Crippen molar-refractivity contribution in [3.8, 4) is 11.5 Å². The van der Waals surface area contributed by atoms with Gasteiger partial charge >= 0.3 is 0 Å². The van der Waals surface area contributed by atoms with Crippen molar-refractivity contribution in [2.45, 2.75) is 18.3 Å². The normalized spacial score (nSPS) is 19.4. The summed E-state index contributed by atoms with van der Waals surface area (Å²) in [6.07, 6.45) is 0. The number of benzene rings is 3. The third-order valence-corrected chi connectivity index (χ3v) is 7.51. The van der Waals surface area contributed by atoms with E-state index in [0.717, 1.165) is 16.8 Å². The van der Waals surface area contributed by atoms with Gasteiger partial charge in [0.15, 0.2) is 0 Å². The molecule has 0 unspecified atom stereocenters. The van der Waals surface area contributed by atoms with Crippen molar-refractivity contribution in [1.82, 2.24) is 0 Å². The first kappa shape index (κ1) is 21.4. The van der Waals surface area contributed by atoms with Crippen LogP contribution in [0.3, 0.4) is 0 Å². The van der Waals surface area contributed by atoms with Gasteiger partial charge in [0.1, 0.15) is 11.5 Å². The van der Waals surface area contributed by atoms with E-state index in [4.69, 9.17) is 9.47 Å². The zero-order valence-corrected chi connectivity index (χ0v) is 19.5. The molecule has 2 aliphatic rings. The van der Waals surface area contributed by atoms with Crippen LogP contribution in [-0.4, -0.2) is 31.8 Å². The monoisotopic (exact) mass is 460 g/mol. The summed E-state index contributed by atoms with van der Waals surface area (Å²) in [6, 6.07) is 21.2. The summed E-state index contributed by atoms with van der Waals surface area (Å²) in [5.41, 5.74) is 4.41. The van der Waals surface area contributed by atoms with Crippen molar-refractivity contribution in [3.05, 3.63) is 83.4 Å². The average Bonchev–Trinajstić information content (AvgIpc) is 3.31. The maximum Gasteiger partial charge on any atom is 0.269 e. The zero-order valence-electron chi connectivity index (χ0n) is 18.7. The number of aryl methyl sites for hydroxylation is 1. The molecule has 5 rings (SSSR count). The largest absolute Gasteiger partial charge is 0.497 e. The topological polar surface area (TPSA) is 59.1 Å². The summed E-state index contributed by atoms with van der Waals surface area (Å²) >= 11 is 1.36. The Balaban J connectivity index is 1.64. The highest BCUT2D eigenvalue weighted by molar-refractivity contribution is 8.02. The second-order valence-electron chi connectivity index (χ2n) is 8.13. The molecule has 1 saturated heterocycles. The Kier molecular flexibility index (Phi) is 5.29. The predicted octanol–water partition coefficient (Wildman–Crippen LogP) is 4.49. The Labute approximate surface area is 197 Å². The minimum atomic E-state index is -1.17. The van der Waals surface area contributed by atoms with Gasteiger partial charge in [-0.15, -0.1) is 11.8 Å². The molecule has 1 spiro atoms. The Morgan fingerprint density at radius 3 is 2.27 bits per heavy atom. The predicted molar refractivity (Wildman–Crippen MR) is 130 cm³/mol. The van der Waals surface area contributed by atoms with E-state index in [1.165, 1.54) is 17.3 Å². The zero-order chi connectivity index (χ0) is 23.2. The van der Waals surface area contributed by atoms with Gasteiger partial charge in [0.25, 0.3) is 5.91 Å². The van der Waals surface area contributed by atoms with Gasteiger partial charge in [-0.25, -0.2) is 0 Å². The van der Waals surface area contributed by atoms with Crippen molar-refractivity contribution in [1.29, 1.82) is 0 Å². The highest BCUT2D eigenvalue weighted by atomic mass is 32.2. The van der Waals surface area contributed by atoms with Crippen LogP contribution in [0.15, 0.2) is 66.7 Å². The minimum Gasteiger partial charge on any atom is -0.497 e. The third kappa shape index (κ3) is 3.35. The lowest BCUT2D eigenvalue weighted by Gasteiger charge is -2.33. The number of amides is 2. The molecule has 3 aromatic carbocycles. The summed E-state index contributed by atoms with van der Waals surface area (Å²) in [7, 11) is 3.13. The highest BCUT2D eigenvalue weighted by Crippen LogP contribution is 2.56. The molecule has 0 radical (unpaired) electrons. The van der Waals surface area contributed by atoms with Gasteiger partial charge in [0.05, 0.1) is 37.9 Å². The molecule has 0 saturated carbocycles. The number of para-hydroxylation sites is 1. The summed E-state index contributed by atoms with van der Waals surface area (Å²) in [5, 5.41) is 0. The van der Waals surface area contributed by atoms with Crippen molar-refractivity contribution >= 4 is 35.0 Å². The number of methoxy groups -OCH3 is 2. The number of carbonyl (C=O) groups excluding carboxylic acids is 2. The molecule has 0 N–H and O–H groups in total. The molecule has 2 aliphatic heterocycles. The van der Waals surface area contributed by atoms with Gasteiger partial charge in [-0.2, -0.15) is 0 Å². The lowest BCUT2D eigenvalue weighted by atomic mass is 10.0. The van der Waals surface area contributed by atoms with Crippen molar-refractivity contribution < 1.29 is 19.1 Å². The summed E-state index contributed by atoms with van der Waals surface area (Å²) in [6.45, 7) is 2.47. The van der Waals surface area contributed by atoms with Gasteiger partial charge < -0.3 is 14.4 Å². The average molecular weight is 461 g/mol. The summed E-state index contributed by atoms with van der Waals surface area (Å²) < 4.78 is 10.9. The number of anilines is 2. The fourth-order valence-electron chi connectivity index (χ4n) is 4.51. The van der Waals surface area contributed by atoms with Crippen LogP contribution < -0.4 is 19.3 Å². The van der Waals surface area contributed by atoms with Gasteiger partial charge in [0, 0.05) is 23.8 Å². The SMILES string of the molecule is COc1cc(OC)cc(N2C(=O)CS[C@@]23C(=O)N(Cc2ccc(C)cc2)c2ccccc23)c1. The first-order chi connectivity index (χ1) is 16.0. The van der Waals surface area contributed by atoms with Gasteiger partial charge in [-0.1, -0.05) is 48.0 Å². The first-order valence-corrected chi connectivity index (χ1v) is 11.6.